The summed E-state index contributed by atoms with van der Waals surface area (Å²) in [5.41, 5.74) is 1.16. The monoisotopic (exact) mass is 137 g/mol. The largest absolute Gasteiger partial charge is 0.319 e. The van der Waals surface area contributed by atoms with Crippen molar-refractivity contribution >= 4 is 0 Å². The van der Waals surface area contributed by atoms with E-state index >= 15 is 0 Å². The Morgan fingerprint density at radius 3 is 2.80 bits per heavy atom. The summed E-state index contributed by atoms with van der Waals surface area (Å²) in [6.45, 7) is 4.17. The average molecular weight is 137 g/mol. The molecule has 0 rings (SSSR count). The zero-order valence-corrected chi connectivity index (χ0v) is 6.78. The van der Waals surface area contributed by atoms with Crippen LogP contribution < -0.4 is 5.32 Å². The van der Waals surface area contributed by atoms with Crippen molar-refractivity contribution in [2.75, 3.05) is 0 Å². The molecule has 0 amide bonds. The summed E-state index contributed by atoms with van der Waals surface area (Å²) in [6.07, 6.45) is 10.6. The van der Waals surface area contributed by atoms with Crippen molar-refractivity contribution in [2.24, 2.45) is 0 Å². The van der Waals surface area contributed by atoms with Gasteiger partial charge in [0.05, 0.1) is 0 Å². The third-order valence-electron chi connectivity index (χ3n) is 1.38. The Kier molecular flexibility index (Phi) is 5.66. The number of unbranched alkanes of at least 4 members (excludes halogenated alkanes) is 1. The summed E-state index contributed by atoms with van der Waals surface area (Å²) in [7, 11) is 0. The minimum Gasteiger partial charge on any atom is -0.319 e. The number of nitrogens with one attached hydrogen (secondary N) is 1. The molecular formula is C9H15N. The molecular weight excluding hydrogens is 122 g/mol. The second-order valence-corrected chi connectivity index (χ2v) is 2.19. The minimum atomic E-state index is 1.07. The van der Waals surface area contributed by atoms with E-state index < -0.39 is 0 Å². The first-order valence-electron chi connectivity index (χ1n) is 3.72. The SMILES string of the molecule is C#CN/C(=C/C)CCCC. The molecule has 0 spiro atoms. The fraction of sp³-hybridized carbons (Fsp3) is 0.556. The van der Waals surface area contributed by atoms with Crippen LogP contribution in [0.3, 0.4) is 0 Å². The van der Waals surface area contributed by atoms with Crippen molar-refractivity contribution in [3.63, 3.8) is 0 Å². The molecule has 0 aromatic rings. The van der Waals surface area contributed by atoms with Crippen molar-refractivity contribution in [2.45, 2.75) is 33.1 Å². The molecule has 1 heteroatoms. The Labute approximate surface area is 63.5 Å². The van der Waals surface area contributed by atoms with Gasteiger partial charge in [0, 0.05) is 11.7 Å². The molecule has 0 unspecified atom stereocenters. The first-order chi connectivity index (χ1) is 4.85. The summed E-state index contributed by atoms with van der Waals surface area (Å²) >= 11 is 0. The van der Waals surface area contributed by atoms with E-state index in [2.05, 4.69) is 18.3 Å². The summed E-state index contributed by atoms with van der Waals surface area (Å²) < 4.78 is 0. The van der Waals surface area contributed by atoms with Crippen LogP contribution in [0.4, 0.5) is 0 Å². The molecule has 1 N–H and O–H groups in total. The second-order valence-electron chi connectivity index (χ2n) is 2.19. The molecule has 0 aromatic carbocycles. The molecule has 0 heterocycles. The lowest BCUT2D eigenvalue weighted by Gasteiger charge is -2.01. The van der Waals surface area contributed by atoms with E-state index in [0.29, 0.717) is 0 Å². The van der Waals surface area contributed by atoms with E-state index in [0.717, 1.165) is 12.1 Å². The number of rotatable bonds is 4. The molecule has 0 radical (unpaired) electrons. The van der Waals surface area contributed by atoms with Crippen molar-refractivity contribution in [1.29, 1.82) is 0 Å². The average Bonchev–Trinajstić information content (AvgIpc) is 1.98. The summed E-state index contributed by atoms with van der Waals surface area (Å²) in [4.78, 5) is 0. The smallest absolute Gasteiger partial charge is 0.0187 e. The Hall–Kier alpha value is -0.900. The van der Waals surface area contributed by atoms with Gasteiger partial charge in [-0.3, -0.25) is 0 Å². The van der Waals surface area contributed by atoms with E-state index in [9.17, 15) is 0 Å². The minimum absolute atomic E-state index is 1.07. The van der Waals surface area contributed by atoms with Gasteiger partial charge in [0.1, 0.15) is 0 Å². The standard InChI is InChI=1S/C9H15N/c1-4-7-8-9(5-2)10-6-3/h3,5,10H,4,7-8H2,1-2H3/b9-5+. The van der Waals surface area contributed by atoms with Crippen LogP contribution in [-0.2, 0) is 0 Å². The molecule has 0 aliphatic carbocycles. The van der Waals surface area contributed by atoms with Crippen LogP contribution >= 0.6 is 0 Å². The Morgan fingerprint density at radius 1 is 1.70 bits per heavy atom. The van der Waals surface area contributed by atoms with Gasteiger partial charge in [-0.2, -0.15) is 0 Å². The van der Waals surface area contributed by atoms with Gasteiger partial charge in [0.15, 0.2) is 0 Å². The van der Waals surface area contributed by atoms with Crippen LogP contribution in [0.25, 0.3) is 0 Å². The quantitative estimate of drug-likeness (QED) is 0.463. The highest BCUT2D eigenvalue weighted by Gasteiger charge is 1.90. The number of hydrogen-bond acceptors (Lipinski definition) is 1. The van der Waals surface area contributed by atoms with Crippen LogP contribution in [-0.4, -0.2) is 0 Å². The van der Waals surface area contributed by atoms with Gasteiger partial charge in [0.2, 0.25) is 0 Å². The zero-order valence-electron chi connectivity index (χ0n) is 6.78. The molecule has 10 heavy (non-hydrogen) atoms. The molecule has 0 aliphatic heterocycles. The zero-order chi connectivity index (χ0) is 7.82. The molecule has 1 nitrogen and oxygen atoms in total. The highest BCUT2D eigenvalue weighted by atomic mass is 14.8. The number of allylic oxidation sites excluding steroid dienone is 2. The first kappa shape index (κ1) is 9.10. The molecule has 0 aromatic heterocycles. The number of terminal acetylenes is 1. The molecule has 56 valence electrons. The van der Waals surface area contributed by atoms with Crippen molar-refractivity contribution in [3.8, 4) is 12.5 Å². The van der Waals surface area contributed by atoms with Gasteiger partial charge in [0.25, 0.3) is 0 Å². The first-order valence-corrected chi connectivity index (χ1v) is 3.72. The Balaban J connectivity index is 3.54. The summed E-state index contributed by atoms with van der Waals surface area (Å²) in [5.74, 6) is 0. The summed E-state index contributed by atoms with van der Waals surface area (Å²) in [6, 6.07) is 2.41. The highest BCUT2D eigenvalue weighted by molar-refractivity contribution is 5.04. The predicted molar refractivity (Wildman–Crippen MR) is 45.3 cm³/mol. The van der Waals surface area contributed by atoms with E-state index in [1.54, 1.807) is 0 Å². The normalized spacial score (nSPS) is 10.7. The predicted octanol–water partition coefficient (Wildman–Crippen LogP) is 2.26. The fourth-order valence-electron chi connectivity index (χ4n) is 0.739. The topological polar surface area (TPSA) is 12.0 Å². The number of hydrogen-bond donors (Lipinski definition) is 1. The van der Waals surface area contributed by atoms with E-state index in [-0.39, 0.29) is 0 Å². The molecule has 0 fully saturated rings. The molecule has 0 saturated carbocycles. The van der Waals surface area contributed by atoms with Crippen molar-refractivity contribution in [3.05, 3.63) is 11.8 Å². The van der Waals surface area contributed by atoms with Gasteiger partial charge in [-0.15, -0.1) is 0 Å². The second kappa shape index (κ2) is 6.22. The van der Waals surface area contributed by atoms with Crippen molar-refractivity contribution in [1.82, 2.24) is 5.32 Å². The Bertz CT molecular complexity index is 139. The Morgan fingerprint density at radius 2 is 2.40 bits per heavy atom. The van der Waals surface area contributed by atoms with Gasteiger partial charge >= 0.3 is 0 Å². The van der Waals surface area contributed by atoms with Crippen LogP contribution in [0.5, 0.6) is 0 Å². The molecule has 0 atom stereocenters. The van der Waals surface area contributed by atoms with Gasteiger partial charge in [-0.1, -0.05) is 25.8 Å². The lowest BCUT2D eigenvalue weighted by molar-refractivity contribution is 0.759. The van der Waals surface area contributed by atoms with Gasteiger partial charge in [-0.25, -0.2) is 0 Å². The maximum atomic E-state index is 5.07. The van der Waals surface area contributed by atoms with E-state index in [1.165, 1.54) is 12.8 Å². The third kappa shape index (κ3) is 4.03. The van der Waals surface area contributed by atoms with E-state index in [1.807, 2.05) is 13.0 Å². The fourth-order valence-corrected chi connectivity index (χ4v) is 0.739. The highest BCUT2D eigenvalue weighted by Crippen LogP contribution is 2.02. The molecule has 0 bridgehead atoms. The maximum Gasteiger partial charge on any atom is 0.0187 e. The van der Waals surface area contributed by atoms with Gasteiger partial charge < -0.3 is 5.32 Å². The summed E-state index contributed by atoms with van der Waals surface area (Å²) in [5, 5.41) is 2.86. The van der Waals surface area contributed by atoms with Crippen LogP contribution in [0.1, 0.15) is 33.1 Å². The lowest BCUT2D eigenvalue weighted by atomic mass is 10.2. The third-order valence-corrected chi connectivity index (χ3v) is 1.38. The van der Waals surface area contributed by atoms with Gasteiger partial charge in [-0.05, 0) is 19.8 Å². The molecule has 0 aliphatic rings. The van der Waals surface area contributed by atoms with Crippen LogP contribution in [0, 0.1) is 12.5 Å². The van der Waals surface area contributed by atoms with E-state index in [4.69, 9.17) is 6.42 Å². The maximum absolute atomic E-state index is 5.07. The molecule has 0 saturated heterocycles. The lowest BCUT2D eigenvalue weighted by Crippen LogP contribution is -2.04. The van der Waals surface area contributed by atoms with Crippen molar-refractivity contribution < 1.29 is 0 Å². The van der Waals surface area contributed by atoms with Crippen LogP contribution in [0.15, 0.2) is 11.8 Å². The van der Waals surface area contributed by atoms with Crippen LogP contribution in [0.2, 0.25) is 0 Å².